The van der Waals surface area contributed by atoms with E-state index in [0.717, 1.165) is 16.5 Å². The van der Waals surface area contributed by atoms with Gasteiger partial charge in [0.1, 0.15) is 5.58 Å². The highest BCUT2D eigenvalue weighted by atomic mass is 35.5. The molecule has 5 nitrogen and oxygen atoms in total. The van der Waals surface area contributed by atoms with Crippen molar-refractivity contribution in [3.63, 3.8) is 0 Å². The van der Waals surface area contributed by atoms with Crippen molar-refractivity contribution in [3.05, 3.63) is 98.3 Å². The third-order valence-corrected chi connectivity index (χ3v) is 6.22. The van der Waals surface area contributed by atoms with Crippen LogP contribution in [0.3, 0.4) is 0 Å². The average Bonchev–Trinajstić information content (AvgIpc) is 3.24. The van der Waals surface area contributed by atoms with Crippen LogP contribution in [0.25, 0.3) is 33.2 Å². The SMILES string of the molecule is Cc1cc2oc(-c3ccccc3Cl)c(OCC(=O)c3c[nH]c4ccccc34)c(=O)c2cc1Cl. The van der Waals surface area contributed by atoms with Gasteiger partial charge >= 0.3 is 0 Å². The maximum Gasteiger partial charge on any atom is 0.235 e. The molecular weight excluding hydrogens is 461 g/mol. The lowest BCUT2D eigenvalue weighted by molar-refractivity contribution is 0.0922. The fourth-order valence-corrected chi connectivity index (χ4v) is 4.16. The first-order chi connectivity index (χ1) is 15.9. The maximum atomic E-state index is 13.4. The molecule has 0 fully saturated rings. The van der Waals surface area contributed by atoms with Crippen LogP contribution in [-0.4, -0.2) is 17.4 Å². The van der Waals surface area contributed by atoms with Crippen LogP contribution < -0.4 is 10.2 Å². The van der Waals surface area contributed by atoms with E-state index in [1.807, 2.05) is 31.2 Å². The number of carbonyl (C=O) groups excluding carboxylic acids is 1. The van der Waals surface area contributed by atoms with Crippen molar-refractivity contribution in [2.45, 2.75) is 6.92 Å². The van der Waals surface area contributed by atoms with Gasteiger partial charge in [-0.1, -0.05) is 53.5 Å². The van der Waals surface area contributed by atoms with Crippen LogP contribution in [0.2, 0.25) is 10.0 Å². The lowest BCUT2D eigenvalue weighted by atomic mass is 10.1. The molecule has 0 aliphatic heterocycles. The normalized spacial score (nSPS) is 11.2. The maximum absolute atomic E-state index is 13.4. The summed E-state index contributed by atoms with van der Waals surface area (Å²) < 4.78 is 11.9. The third kappa shape index (κ3) is 3.80. The molecule has 33 heavy (non-hydrogen) atoms. The number of fused-ring (bicyclic) bond motifs is 2. The van der Waals surface area contributed by atoms with Gasteiger partial charge in [-0.15, -0.1) is 0 Å². The average molecular weight is 478 g/mol. The number of hydrogen-bond acceptors (Lipinski definition) is 4. The number of benzene rings is 3. The summed E-state index contributed by atoms with van der Waals surface area (Å²) in [5.41, 5.74) is 2.49. The van der Waals surface area contributed by atoms with Crippen molar-refractivity contribution in [1.82, 2.24) is 4.98 Å². The summed E-state index contributed by atoms with van der Waals surface area (Å²) in [7, 11) is 0. The van der Waals surface area contributed by atoms with Crippen LogP contribution in [-0.2, 0) is 0 Å². The van der Waals surface area contributed by atoms with Crippen molar-refractivity contribution in [1.29, 1.82) is 0 Å². The Bertz CT molecular complexity index is 1600. The number of aryl methyl sites for hydroxylation is 1. The standard InChI is InChI=1S/C26H17Cl2NO4/c1-14-10-23-17(11-20(14)28)24(31)26(25(33-23)16-7-2-4-8-19(16)27)32-13-22(30)18-12-29-21-9-5-3-6-15(18)21/h2-12,29H,13H2,1H3. The first kappa shape index (κ1) is 21.3. The predicted molar refractivity (Wildman–Crippen MR) is 131 cm³/mol. The largest absolute Gasteiger partial charge is 0.478 e. The Balaban J connectivity index is 1.61. The molecule has 2 aromatic heterocycles. The van der Waals surface area contributed by atoms with E-state index in [-0.39, 0.29) is 29.3 Å². The van der Waals surface area contributed by atoms with Crippen LogP contribution >= 0.6 is 23.2 Å². The topological polar surface area (TPSA) is 72.3 Å². The summed E-state index contributed by atoms with van der Waals surface area (Å²) in [4.78, 5) is 29.4. The van der Waals surface area contributed by atoms with Crippen molar-refractivity contribution >= 4 is 50.9 Å². The summed E-state index contributed by atoms with van der Waals surface area (Å²) in [5, 5.41) is 1.86. The summed E-state index contributed by atoms with van der Waals surface area (Å²) in [6.07, 6.45) is 1.64. The Hall–Kier alpha value is -3.54. The van der Waals surface area contributed by atoms with E-state index >= 15 is 0 Å². The number of H-pyrrole nitrogens is 1. The molecule has 0 amide bonds. The van der Waals surface area contributed by atoms with Gasteiger partial charge in [-0.2, -0.15) is 0 Å². The van der Waals surface area contributed by atoms with E-state index in [1.54, 1.807) is 42.6 Å². The smallest absolute Gasteiger partial charge is 0.235 e. The molecular formula is C26H17Cl2NO4. The zero-order chi connectivity index (χ0) is 23.1. The van der Waals surface area contributed by atoms with Crippen molar-refractivity contribution in [2.24, 2.45) is 0 Å². The fourth-order valence-electron chi connectivity index (χ4n) is 3.77. The van der Waals surface area contributed by atoms with Crippen LogP contribution in [0.4, 0.5) is 0 Å². The summed E-state index contributed by atoms with van der Waals surface area (Å²) in [6, 6.07) is 17.7. The first-order valence-corrected chi connectivity index (χ1v) is 10.9. The Morgan fingerprint density at radius 2 is 1.76 bits per heavy atom. The van der Waals surface area contributed by atoms with Gasteiger partial charge in [0.05, 0.1) is 10.4 Å². The third-order valence-electron chi connectivity index (χ3n) is 5.49. The van der Waals surface area contributed by atoms with Crippen LogP contribution in [0, 0.1) is 6.92 Å². The molecule has 7 heteroatoms. The Morgan fingerprint density at radius 3 is 2.58 bits per heavy atom. The summed E-state index contributed by atoms with van der Waals surface area (Å²) in [5.74, 6) is -0.214. The van der Waals surface area contributed by atoms with E-state index in [1.165, 1.54) is 0 Å². The minimum absolute atomic E-state index is 0.0938. The lowest BCUT2D eigenvalue weighted by Gasteiger charge is -2.13. The zero-order valence-electron chi connectivity index (χ0n) is 17.4. The van der Waals surface area contributed by atoms with Gasteiger partial charge in [-0.05, 0) is 42.8 Å². The fraction of sp³-hybridized carbons (Fsp3) is 0.0769. The number of hydrogen-bond donors (Lipinski definition) is 1. The summed E-state index contributed by atoms with van der Waals surface area (Å²) >= 11 is 12.6. The number of halogens is 2. The van der Waals surface area contributed by atoms with Gasteiger partial charge in [0, 0.05) is 33.2 Å². The van der Waals surface area contributed by atoms with E-state index in [4.69, 9.17) is 32.4 Å². The van der Waals surface area contributed by atoms with Gasteiger partial charge in [0.2, 0.25) is 17.0 Å². The number of carbonyl (C=O) groups is 1. The Morgan fingerprint density at radius 1 is 1.00 bits per heavy atom. The molecule has 0 saturated heterocycles. The van der Waals surface area contributed by atoms with Crippen LogP contribution in [0.1, 0.15) is 15.9 Å². The molecule has 164 valence electrons. The lowest BCUT2D eigenvalue weighted by Crippen LogP contribution is -2.17. The number of Topliss-reactive ketones (excluding diaryl/α,β-unsaturated/α-hetero) is 1. The molecule has 1 N–H and O–H groups in total. The molecule has 0 unspecified atom stereocenters. The molecule has 0 aliphatic rings. The molecule has 0 spiro atoms. The highest BCUT2D eigenvalue weighted by Crippen LogP contribution is 2.36. The van der Waals surface area contributed by atoms with E-state index in [2.05, 4.69) is 4.98 Å². The van der Waals surface area contributed by atoms with Crippen molar-refractivity contribution in [3.8, 4) is 17.1 Å². The molecule has 5 aromatic rings. The molecule has 5 rings (SSSR count). The number of nitrogens with one attached hydrogen (secondary N) is 1. The highest BCUT2D eigenvalue weighted by molar-refractivity contribution is 6.33. The van der Waals surface area contributed by atoms with Crippen LogP contribution in [0.15, 0.2) is 76.1 Å². The predicted octanol–water partition coefficient (Wildman–Crippen LogP) is 6.82. The molecule has 0 aliphatic carbocycles. The molecule has 0 radical (unpaired) electrons. The first-order valence-electron chi connectivity index (χ1n) is 10.2. The monoisotopic (exact) mass is 477 g/mol. The quantitative estimate of drug-likeness (QED) is 0.282. The zero-order valence-corrected chi connectivity index (χ0v) is 19.0. The number of para-hydroxylation sites is 1. The second-order valence-corrected chi connectivity index (χ2v) is 8.44. The number of aromatic amines is 1. The molecule has 0 saturated carbocycles. The Labute approximate surface area is 198 Å². The number of aromatic nitrogens is 1. The summed E-state index contributed by atoms with van der Waals surface area (Å²) in [6.45, 7) is 1.47. The second kappa shape index (κ2) is 8.43. The van der Waals surface area contributed by atoms with Gasteiger partial charge < -0.3 is 14.1 Å². The number of ketones is 1. The van der Waals surface area contributed by atoms with Crippen molar-refractivity contribution in [2.75, 3.05) is 6.61 Å². The highest BCUT2D eigenvalue weighted by Gasteiger charge is 2.22. The Kier molecular flexibility index (Phi) is 5.44. The minimum Gasteiger partial charge on any atom is -0.478 e. The van der Waals surface area contributed by atoms with Gasteiger partial charge in [-0.25, -0.2) is 0 Å². The van der Waals surface area contributed by atoms with Gasteiger partial charge in [-0.3, -0.25) is 9.59 Å². The van der Waals surface area contributed by atoms with Gasteiger partial charge in [0.15, 0.2) is 12.4 Å². The van der Waals surface area contributed by atoms with Gasteiger partial charge in [0.25, 0.3) is 0 Å². The number of rotatable bonds is 5. The van der Waals surface area contributed by atoms with E-state index < -0.39 is 5.43 Å². The second-order valence-electron chi connectivity index (χ2n) is 7.63. The van der Waals surface area contributed by atoms with Crippen LogP contribution in [0.5, 0.6) is 5.75 Å². The molecule has 3 aromatic carbocycles. The van der Waals surface area contributed by atoms with E-state index in [9.17, 15) is 9.59 Å². The number of ether oxygens (including phenoxy) is 1. The van der Waals surface area contributed by atoms with Crippen molar-refractivity contribution < 1.29 is 13.9 Å². The molecule has 0 atom stereocenters. The molecule has 2 heterocycles. The minimum atomic E-state index is -0.431. The van der Waals surface area contributed by atoms with E-state index in [0.29, 0.717) is 26.8 Å². The molecule has 0 bridgehead atoms.